The number of hydrogen-bond donors (Lipinski definition) is 2. The van der Waals surface area contributed by atoms with Crippen molar-refractivity contribution in [1.82, 2.24) is 0 Å². The zero-order chi connectivity index (χ0) is 44.3. The summed E-state index contributed by atoms with van der Waals surface area (Å²) in [5, 5.41) is 16.7. The average molecular weight is 961 g/mol. The van der Waals surface area contributed by atoms with Gasteiger partial charge in [-0.15, -0.1) is 0 Å². The molecule has 0 spiro atoms. The molecule has 0 fully saturated rings. The smallest absolute Gasteiger partial charge is 0.338 e. The summed E-state index contributed by atoms with van der Waals surface area (Å²) in [4.78, 5) is 20.4. The van der Waals surface area contributed by atoms with Gasteiger partial charge in [-0.2, -0.15) is 0 Å². The zero-order valence-electron chi connectivity index (χ0n) is 26.7. The Morgan fingerprint density at radius 3 is 0.789 bits per heavy atom. The predicted octanol–water partition coefficient (Wildman–Crippen LogP) is 10.5. The van der Waals surface area contributed by atoms with Crippen molar-refractivity contribution in [2.75, 3.05) is 0 Å². The van der Waals surface area contributed by atoms with E-state index in [2.05, 4.69) is 0 Å². The first kappa shape index (κ1) is 48.4. The predicted molar refractivity (Wildman–Crippen MR) is 155 cm³/mol. The number of hydrogen-bond acceptors (Lipinski definition) is 2. The maximum Gasteiger partial charge on any atom is 0.338 e. The van der Waals surface area contributed by atoms with E-state index in [4.69, 9.17) is 10.2 Å². The monoisotopic (exact) mass is 962 g/mol. The molecule has 4 rings (SSSR count). The van der Waals surface area contributed by atoms with Crippen LogP contribution in [0.5, 0.6) is 0 Å². The fourth-order valence-electron chi connectivity index (χ4n) is 4.17. The van der Waals surface area contributed by atoms with Crippen LogP contribution in [0, 0.1) is 11.6 Å². The maximum absolute atomic E-state index is 13.5. The number of carbonyl (C=O) groups is 2. The fraction of sp³-hybridized carbons (Fsp3) is 0.188. The molecule has 0 atom stereocenters. The Kier molecular flexibility index (Phi) is 14.7. The van der Waals surface area contributed by atoms with E-state index in [9.17, 15) is 97.4 Å². The summed E-state index contributed by atoms with van der Waals surface area (Å²) in [7, 11) is 0. The summed E-state index contributed by atoms with van der Waals surface area (Å²) in [5.74, 6) is -3.87. The van der Waals surface area contributed by atoms with Crippen LogP contribution in [0.15, 0.2) is 72.8 Å². The molecule has 0 bridgehead atoms. The largest absolute Gasteiger partial charge is 0.478 e. The van der Waals surface area contributed by atoms with Crippen molar-refractivity contribution >= 4 is 40.2 Å². The first-order chi connectivity index (χ1) is 25.6. The van der Waals surface area contributed by atoms with Crippen molar-refractivity contribution in [2.24, 2.45) is 0 Å². The van der Waals surface area contributed by atoms with Crippen LogP contribution in [0.1, 0.15) is 54.1 Å². The minimum absolute atomic E-state index is 0.289. The van der Waals surface area contributed by atoms with E-state index < -0.39 is 147 Å². The third kappa shape index (κ3) is 13.1. The normalized spacial score (nSPS) is 12.6. The Balaban J connectivity index is 0.000000450. The van der Waals surface area contributed by atoms with E-state index in [0.717, 1.165) is 12.1 Å². The second-order valence-corrected chi connectivity index (χ2v) is 14.1. The quantitative estimate of drug-likeness (QED) is 0.158. The summed E-state index contributed by atoms with van der Waals surface area (Å²) in [6, 6.07) is 6.84. The summed E-state index contributed by atoms with van der Waals surface area (Å²) >= 11 is -4.80. The van der Waals surface area contributed by atoms with Crippen LogP contribution >= 0.6 is 0 Å². The molecule has 0 aliphatic carbocycles. The van der Waals surface area contributed by atoms with Crippen molar-refractivity contribution in [3.63, 3.8) is 0 Å². The van der Waals surface area contributed by atoms with Gasteiger partial charge in [0, 0.05) is 0 Å². The number of halogens is 20. The Morgan fingerprint density at radius 1 is 0.404 bits per heavy atom. The van der Waals surface area contributed by atoms with Gasteiger partial charge in [-0.05, 0) is 24.3 Å². The van der Waals surface area contributed by atoms with Crippen molar-refractivity contribution in [3.8, 4) is 0 Å². The number of alkyl halides is 18. The third-order valence-electron chi connectivity index (χ3n) is 6.61. The van der Waals surface area contributed by atoms with Crippen molar-refractivity contribution in [3.05, 3.63) is 129 Å². The standard InChI is InChI=1S/2C9H2F9.2C7H5FO2.Sn/c2*10-7(11,12)4-1-5(8(13,14)15)3-6(2-4)9(16,17)18;2*8-6-4-2-1-3-5(6)7(9)10;/h2*1-2H;2*1-4H,(H,9,10);. The van der Waals surface area contributed by atoms with Crippen LogP contribution in [0.2, 0.25) is 0 Å². The minimum atomic E-state index is -6.14. The van der Waals surface area contributed by atoms with E-state index >= 15 is 0 Å². The molecule has 4 nitrogen and oxygen atoms in total. The number of rotatable bonds is 4. The van der Waals surface area contributed by atoms with Gasteiger partial charge in [0.15, 0.2) is 0 Å². The van der Waals surface area contributed by atoms with Gasteiger partial charge >= 0.3 is 214 Å². The molecule has 25 heteroatoms. The van der Waals surface area contributed by atoms with Crippen LogP contribution in [-0.2, 0) is 37.1 Å². The topological polar surface area (TPSA) is 74.6 Å². The number of benzene rings is 4. The fourth-order valence-corrected chi connectivity index (χ4v) is 8.86. The summed E-state index contributed by atoms with van der Waals surface area (Å²) < 4.78 is 260. The van der Waals surface area contributed by atoms with Gasteiger partial charge in [0.1, 0.15) is 11.6 Å². The van der Waals surface area contributed by atoms with Crippen molar-refractivity contribution in [2.45, 2.75) is 37.1 Å². The van der Waals surface area contributed by atoms with Crippen LogP contribution in [0.4, 0.5) is 87.8 Å². The van der Waals surface area contributed by atoms with Gasteiger partial charge in [-0.25, -0.2) is 18.4 Å². The molecule has 0 saturated heterocycles. The molecule has 0 aliphatic heterocycles. The van der Waals surface area contributed by atoms with Gasteiger partial charge in [0.2, 0.25) is 0 Å². The Morgan fingerprint density at radius 2 is 0.632 bits per heavy atom. The molecule has 2 N–H and O–H groups in total. The first-order valence-corrected chi connectivity index (χ1v) is 17.0. The Hall–Kier alpha value is -4.78. The molecule has 0 heterocycles. The molecule has 0 saturated carbocycles. The number of carboxylic acids is 2. The van der Waals surface area contributed by atoms with Gasteiger partial charge in [0.25, 0.3) is 0 Å². The maximum atomic E-state index is 13.5. The molecule has 0 unspecified atom stereocenters. The molecule has 0 aromatic heterocycles. The molecule has 4 aromatic carbocycles. The summed E-state index contributed by atoms with van der Waals surface area (Å²) in [6.45, 7) is 0. The van der Waals surface area contributed by atoms with Gasteiger partial charge in [-0.1, -0.05) is 24.3 Å². The molecule has 0 amide bonds. The molecule has 4 aromatic rings. The van der Waals surface area contributed by atoms with E-state index in [1.807, 2.05) is 0 Å². The van der Waals surface area contributed by atoms with E-state index in [-0.39, 0.29) is 11.1 Å². The first-order valence-electron chi connectivity index (χ1n) is 14.1. The van der Waals surface area contributed by atoms with Crippen molar-refractivity contribution in [1.29, 1.82) is 0 Å². The molecular formula is C32H14F20O4Sn. The van der Waals surface area contributed by atoms with Crippen LogP contribution < -0.4 is 7.16 Å². The van der Waals surface area contributed by atoms with Gasteiger partial charge < -0.3 is 10.2 Å². The van der Waals surface area contributed by atoms with Crippen LogP contribution in [0.3, 0.4) is 0 Å². The van der Waals surface area contributed by atoms with Crippen molar-refractivity contribution < 1.29 is 108 Å². The van der Waals surface area contributed by atoms with E-state index in [1.54, 1.807) is 0 Å². The van der Waals surface area contributed by atoms with Crippen LogP contribution in [-0.4, -0.2) is 43.3 Å². The molecule has 0 aliphatic rings. The average Bonchev–Trinajstić information content (AvgIpc) is 3.02. The molecular weight excluding hydrogens is 947 g/mol. The number of carboxylic acid groups (broad SMARTS) is 2. The van der Waals surface area contributed by atoms with Gasteiger partial charge in [0.05, 0.1) is 11.1 Å². The van der Waals surface area contributed by atoms with E-state index in [1.165, 1.54) is 36.4 Å². The molecule has 310 valence electrons. The second kappa shape index (κ2) is 17.4. The zero-order valence-corrected chi connectivity index (χ0v) is 29.6. The van der Waals surface area contributed by atoms with E-state index in [0.29, 0.717) is 0 Å². The SMILES string of the molecule is FC(F)(F)c1cc(C(F)(F)F)[c]([Sn][c]2c(C(F)(F)F)cc(C(F)(F)F)cc2C(F)(F)F)c(C(F)(F)F)c1.O=C(O)c1ccccc1F.O=C(O)c1ccccc1F. The number of aromatic carboxylic acids is 2. The molecule has 2 radical (unpaired) electrons. The van der Waals surface area contributed by atoms with Gasteiger partial charge in [-0.3, -0.25) is 0 Å². The molecule has 57 heavy (non-hydrogen) atoms. The Labute approximate surface area is 313 Å². The second-order valence-electron chi connectivity index (χ2n) is 10.6. The summed E-state index contributed by atoms with van der Waals surface area (Å²) in [5.41, 5.74) is -17.0. The third-order valence-corrected chi connectivity index (χ3v) is 11.1. The minimum Gasteiger partial charge on any atom is -0.478 e. The summed E-state index contributed by atoms with van der Waals surface area (Å²) in [6.07, 6.45) is -36.3. The van der Waals surface area contributed by atoms with Crippen LogP contribution in [0.25, 0.3) is 0 Å². The Bertz CT molecular complexity index is 1860.